The molecule has 2 rings (SSSR count). The number of hydrogen-bond acceptors (Lipinski definition) is 2. The molecule has 18 heavy (non-hydrogen) atoms. The van der Waals surface area contributed by atoms with Crippen LogP contribution in [0.4, 0.5) is 0 Å². The predicted molar refractivity (Wildman–Crippen MR) is 74.9 cm³/mol. The van der Waals surface area contributed by atoms with Gasteiger partial charge in [0.15, 0.2) is 0 Å². The van der Waals surface area contributed by atoms with Gasteiger partial charge in [0.1, 0.15) is 5.76 Å². The maximum absolute atomic E-state index is 5.90. The van der Waals surface area contributed by atoms with Crippen LogP contribution in [0.15, 0.2) is 47.1 Å². The zero-order valence-corrected chi connectivity index (χ0v) is 11.3. The fourth-order valence-corrected chi connectivity index (χ4v) is 2.14. The van der Waals surface area contributed by atoms with Crippen molar-refractivity contribution in [1.82, 2.24) is 5.32 Å². The van der Waals surface area contributed by atoms with Crippen LogP contribution in [0.25, 0.3) is 0 Å². The third-order valence-corrected chi connectivity index (χ3v) is 3.27. The highest BCUT2D eigenvalue weighted by atomic mass is 35.5. The Morgan fingerprint density at radius 2 is 2.00 bits per heavy atom. The number of halogens is 1. The van der Waals surface area contributed by atoms with Crippen LogP contribution in [-0.4, -0.2) is 6.54 Å². The highest BCUT2D eigenvalue weighted by Crippen LogP contribution is 2.19. The molecule has 96 valence electrons. The number of benzene rings is 1. The first kappa shape index (κ1) is 13.2. The van der Waals surface area contributed by atoms with Crippen LogP contribution in [0.5, 0.6) is 0 Å². The van der Waals surface area contributed by atoms with Crippen molar-refractivity contribution in [2.45, 2.75) is 25.8 Å². The van der Waals surface area contributed by atoms with Gasteiger partial charge in [-0.25, -0.2) is 0 Å². The molecule has 0 radical (unpaired) electrons. The van der Waals surface area contributed by atoms with Gasteiger partial charge in [-0.1, -0.05) is 30.7 Å². The Balaban J connectivity index is 1.87. The van der Waals surface area contributed by atoms with Crippen LogP contribution in [0.3, 0.4) is 0 Å². The molecule has 3 heteroatoms. The van der Waals surface area contributed by atoms with Gasteiger partial charge >= 0.3 is 0 Å². The van der Waals surface area contributed by atoms with Crippen molar-refractivity contribution < 1.29 is 4.42 Å². The lowest BCUT2D eigenvalue weighted by molar-refractivity contribution is 0.472. The second kappa shape index (κ2) is 6.62. The lowest BCUT2D eigenvalue weighted by atomic mass is 10.0. The minimum absolute atomic E-state index is 0.372. The van der Waals surface area contributed by atoms with Crippen LogP contribution in [0.2, 0.25) is 5.02 Å². The second-order valence-corrected chi connectivity index (χ2v) is 4.73. The largest absolute Gasteiger partial charge is 0.469 e. The van der Waals surface area contributed by atoms with Crippen molar-refractivity contribution in [2.24, 2.45) is 0 Å². The summed E-state index contributed by atoms with van der Waals surface area (Å²) in [5, 5.41) is 4.32. The van der Waals surface area contributed by atoms with E-state index in [4.69, 9.17) is 16.0 Å². The normalized spacial score (nSPS) is 12.6. The van der Waals surface area contributed by atoms with E-state index in [0.29, 0.717) is 6.04 Å². The minimum atomic E-state index is 0.372. The van der Waals surface area contributed by atoms with Crippen molar-refractivity contribution in [2.75, 3.05) is 6.54 Å². The van der Waals surface area contributed by atoms with Gasteiger partial charge in [-0.15, -0.1) is 0 Å². The van der Waals surface area contributed by atoms with Gasteiger partial charge in [0.25, 0.3) is 0 Å². The Bertz CT molecular complexity index is 450. The molecule has 0 bridgehead atoms. The molecule has 1 atom stereocenters. The standard InChI is InChI=1S/C15H18ClNO/c1-2-15(12-5-7-13(16)8-6-12)17-10-9-14-4-3-11-18-14/h3-8,11,15,17H,2,9-10H2,1H3. The molecule has 2 aromatic rings. The van der Waals surface area contributed by atoms with E-state index in [0.717, 1.165) is 30.2 Å². The molecule has 1 aromatic carbocycles. The van der Waals surface area contributed by atoms with Crippen molar-refractivity contribution in [3.05, 3.63) is 59.0 Å². The zero-order chi connectivity index (χ0) is 12.8. The maximum atomic E-state index is 5.90. The third-order valence-electron chi connectivity index (χ3n) is 3.02. The highest BCUT2D eigenvalue weighted by Gasteiger charge is 2.08. The van der Waals surface area contributed by atoms with Gasteiger partial charge in [0.05, 0.1) is 6.26 Å². The molecule has 1 aromatic heterocycles. The molecule has 1 unspecified atom stereocenters. The van der Waals surface area contributed by atoms with E-state index < -0.39 is 0 Å². The molecular weight excluding hydrogens is 246 g/mol. The molecular formula is C15H18ClNO. The maximum Gasteiger partial charge on any atom is 0.105 e. The van der Waals surface area contributed by atoms with Crippen molar-refractivity contribution in [1.29, 1.82) is 0 Å². The average Bonchev–Trinajstić information content (AvgIpc) is 2.89. The summed E-state index contributed by atoms with van der Waals surface area (Å²) in [5.41, 5.74) is 1.28. The van der Waals surface area contributed by atoms with Crippen LogP contribution >= 0.6 is 11.6 Å². The molecule has 0 fully saturated rings. The average molecular weight is 264 g/mol. The Morgan fingerprint density at radius 1 is 1.22 bits per heavy atom. The number of nitrogens with one attached hydrogen (secondary N) is 1. The van der Waals surface area contributed by atoms with E-state index in [9.17, 15) is 0 Å². The minimum Gasteiger partial charge on any atom is -0.469 e. The summed E-state index contributed by atoms with van der Waals surface area (Å²) < 4.78 is 5.31. The van der Waals surface area contributed by atoms with Crippen LogP contribution in [0.1, 0.15) is 30.7 Å². The topological polar surface area (TPSA) is 25.2 Å². The van der Waals surface area contributed by atoms with Gasteiger partial charge in [-0.05, 0) is 36.2 Å². The lowest BCUT2D eigenvalue weighted by Crippen LogP contribution is -2.23. The molecule has 2 nitrogen and oxygen atoms in total. The van der Waals surface area contributed by atoms with E-state index in [1.165, 1.54) is 5.56 Å². The number of hydrogen-bond donors (Lipinski definition) is 1. The summed E-state index contributed by atoms with van der Waals surface area (Å²) in [5.74, 6) is 1.02. The summed E-state index contributed by atoms with van der Waals surface area (Å²) >= 11 is 5.90. The molecule has 0 aliphatic rings. The SMILES string of the molecule is CCC(NCCc1ccco1)c1ccc(Cl)cc1. The molecule has 0 saturated carbocycles. The summed E-state index contributed by atoms with van der Waals surface area (Å²) in [6.45, 7) is 3.09. The Labute approximate surface area is 113 Å². The van der Waals surface area contributed by atoms with Gasteiger partial charge in [0, 0.05) is 24.0 Å². The third kappa shape index (κ3) is 3.62. The molecule has 0 saturated heterocycles. The molecule has 0 spiro atoms. The monoisotopic (exact) mass is 263 g/mol. The first-order valence-corrected chi connectivity index (χ1v) is 6.68. The molecule has 0 aliphatic carbocycles. The lowest BCUT2D eigenvalue weighted by Gasteiger charge is -2.17. The van der Waals surface area contributed by atoms with Gasteiger partial charge < -0.3 is 9.73 Å². The highest BCUT2D eigenvalue weighted by molar-refractivity contribution is 6.30. The van der Waals surface area contributed by atoms with Crippen LogP contribution in [-0.2, 0) is 6.42 Å². The predicted octanol–water partition coefficient (Wildman–Crippen LogP) is 4.22. The number of rotatable bonds is 6. The summed E-state index contributed by atoms with van der Waals surface area (Å²) in [6.07, 6.45) is 3.68. The summed E-state index contributed by atoms with van der Waals surface area (Å²) in [7, 11) is 0. The van der Waals surface area contributed by atoms with Crippen molar-refractivity contribution in [3.8, 4) is 0 Å². The van der Waals surface area contributed by atoms with Crippen LogP contribution < -0.4 is 5.32 Å². The van der Waals surface area contributed by atoms with Crippen LogP contribution in [0, 0.1) is 0 Å². The first-order chi connectivity index (χ1) is 8.79. The van der Waals surface area contributed by atoms with E-state index in [-0.39, 0.29) is 0 Å². The molecule has 0 amide bonds. The first-order valence-electron chi connectivity index (χ1n) is 6.31. The Kier molecular flexibility index (Phi) is 4.85. The fraction of sp³-hybridized carbons (Fsp3) is 0.333. The Morgan fingerprint density at radius 3 is 2.61 bits per heavy atom. The van der Waals surface area contributed by atoms with E-state index in [2.05, 4.69) is 24.4 Å². The van der Waals surface area contributed by atoms with E-state index in [1.807, 2.05) is 24.3 Å². The van der Waals surface area contributed by atoms with Crippen molar-refractivity contribution in [3.63, 3.8) is 0 Å². The summed E-state index contributed by atoms with van der Waals surface area (Å²) in [4.78, 5) is 0. The summed E-state index contributed by atoms with van der Waals surface area (Å²) in [6, 6.07) is 12.3. The fourth-order valence-electron chi connectivity index (χ4n) is 2.02. The molecule has 1 heterocycles. The van der Waals surface area contributed by atoms with E-state index in [1.54, 1.807) is 6.26 Å². The zero-order valence-electron chi connectivity index (χ0n) is 10.5. The Hall–Kier alpha value is -1.25. The van der Waals surface area contributed by atoms with Crippen molar-refractivity contribution >= 4 is 11.6 Å². The number of furan rings is 1. The van der Waals surface area contributed by atoms with Gasteiger partial charge in [-0.2, -0.15) is 0 Å². The smallest absolute Gasteiger partial charge is 0.105 e. The molecule has 1 N–H and O–H groups in total. The van der Waals surface area contributed by atoms with Gasteiger partial charge in [-0.3, -0.25) is 0 Å². The van der Waals surface area contributed by atoms with E-state index >= 15 is 0 Å². The van der Waals surface area contributed by atoms with Gasteiger partial charge in [0.2, 0.25) is 0 Å². The quantitative estimate of drug-likeness (QED) is 0.844. The second-order valence-electron chi connectivity index (χ2n) is 4.30. The molecule has 0 aliphatic heterocycles.